The number of nitrogens with zero attached hydrogens (tertiary/aromatic N) is 3. The van der Waals surface area contributed by atoms with Crippen LogP contribution in [0.25, 0.3) is 0 Å². The zero-order chi connectivity index (χ0) is 18.2. The van der Waals surface area contributed by atoms with Crippen molar-refractivity contribution in [3.63, 3.8) is 0 Å². The molecule has 2 rings (SSSR count). The van der Waals surface area contributed by atoms with Crippen LogP contribution in [-0.4, -0.2) is 33.1 Å². The summed E-state index contributed by atoms with van der Waals surface area (Å²) in [5, 5.41) is 9.85. The molecule has 0 aliphatic heterocycles. The molecule has 1 unspecified atom stereocenters. The van der Waals surface area contributed by atoms with E-state index in [0.717, 1.165) is 17.8 Å². The number of carbonyl (C=O) groups is 2. The van der Waals surface area contributed by atoms with Crippen molar-refractivity contribution in [3.8, 4) is 0 Å². The van der Waals surface area contributed by atoms with Crippen molar-refractivity contribution in [2.45, 2.75) is 46.2 Å². The monoisotopic (exact) mass is 343 g/mol. The summed E-state index contributed by atoms with van der Waals surface area (Å²) in [6.45, 7) is 6.92. The third-order valence-corrected chi connectivity index (χ3v) is 3.95. The van der Waals surface area contributed by atoms with Crippen LogP contribution in [0, 0.1) is 6.92 Å². The van der Waals surface area contributed by atoms with Crippen LogP contribution in [0.5, 0.6) is 0 Å². The normalized spacial score (nSPS) is 11.8. The van der Waals surface area contributed by atoms with Crippen LogP contribution in [0.1, 0.15) is 54.5 Å². The first-order valence-electron chi connectivity index (χ1n) is 8.57. The smallest absolute Gasteiger partial charge is 0.251 e. The van der Waals surface area contributed by atoms with Gasteiger partial charge in [-0.2, -0.15) is 5.10 Å². The minimum Gasteiger partial charge on any atom is -0.352 e. The summed E-state index contributed by atoms with van der Waals surface area (Å²) in [6, 6.07) is 7.14. The number of amides is 2. The van der Waals surface area contributed by atoms with Gasteiger partial charge in [0.05, 0.1) is 6.04 Å². The van der Waals surface area contributed by atoms with E-state index in [1.807, 2.05) is 32.9 Å². The first-order valence-corrected chi connectivity index (χ1v) is 8.57. The molecule has 7 heteroatoms. The minimum absolute atomic E-state index is 0.123. The Morgan fingerprint density at radius 3 is 2.56 bits per heavy atom. The quantitative estimate of drug-likeness (QED) is 0.767. The zero-order valence-corrected chi connectivity index (χ0v) is 15.0. The number of rotatable bonds is 8. The van der Waals surface area contributed by atoms with Gasteiger partial charge in [-0.15, -0.1) is 0 Å². The molecule has 0 aliphatic rings. The highest BCUT2D eigenvalue weighted by Gasteiger charge is 2.18. The van der Waals surface area contributed by atoms with Crippen LogP contribution >= 0.6 is 0 Å². The third-order valence-electron chi connectivity index (χ3n) is 3.95. The number of nitrogens with one attached hydrogen (secondary N) is 2. The van der Waals surface area contributed by atoms with Gasteiger partial charge in [-0.25, -0.2) is 9.67 Å². The second-order valence-electron chi connectivity index (χ2n) is 5.83. The molecular weight excluding hydrogens is 318 g/mol. The standard InChI is InChI=1S/C18H25N5O2/c1-4-15(17-20-12-21-23(17)5-2)22-16(24)10-11-19-18(25)14-8-6-13(3)7-9-14/h6-9,12,15H,4-5,10-11H2,1-3H3,(H,19,25)(H,22,24). The van der Waals surface area contributed by atoms with Gasteiger partial charge in [0.2, 0.25) is 5.91 Å². The van der Waals surface area contributed by atoms with Crippen molar-refractivity contribution in [1.29, 1.82) is 0 Å². The summed E-state index contributed by atoms with van der Waals surface area (Å²) in [7, 11) is 0. The number of hydrogen-bond donors (Lipinski definition) is 2. The van der Waals surface area contributed by atoms with Crippen LogP contribution in [0.4, 0.5) is 0 Å². The van der Waals surface area contributed by atoms with E-state index in [0.29, 0.717) is 12.1 Å². The van der Waals surface area contributed by atoms with Gasteiger partial charge < -0.3 is 10.6 Å². The molecule has 0 bridgehead atoms. The van der Waals surface area contributed by atoms with Gasteiger partial charge in [0.25, 0.3) is 5.91 Å². The van der Waals surface area contributed by atoms with Gasteiger partial charge >= 0.3 is 0 Å². The van der Waals surface area contributed by atoms with Crippen molar-refractivity contribution in [2.75, 3.05) is 6.54 Å². The molecule has 1 aromatic carbocycles. The highest BCUT2D eigenvalue weighted by atomic mass is 16.2. The van der Waals surface area contributed by atoms with Crippen LogP contribution in [0.15, 0.2) is 30.6 Å². The first kappa shape index (κ1) is 18.6. The maximum atomic E-state index is 12.1. The third kappa shape index (κ3) is 5.14. The van der Waals surface area contributed by atoms with Crippen molar-refractivity contribution in [1.82, 2.24) is 25.4 Å². The molecular formula is C18H25N5O2. The van der Waals surface area contributed by atoms with Gasteiger partial charge in [-0.3, -0.25) is 9.59 Å². The Hall–Kier alpha value is -2.70. The highest BCUT2D eigenvalue weighted by Crippen LogP contribution is 2.13. The molecule has 2 aromatic rings. The maximum absolute atomic E-state index is 12.1. The van der Waals surface area contributed by atoms with E-state index in [2.05, 4.69) is 20.7 Å². The van der Waals surface area contributed by atoms with Crippen LogP contribution < -0.4 is 10.6 Å². The van der Waals surface area contributed by atoms with Gasteiger partial charge in [-0.05, 0) is 32.4 Å². The second kappa shape index (κ2) is 8.96. The Labute approximate surface area is 147 Å². The molecule has 0 radical (unpaired) electrons. The van der Waals surface area contributed by atoms with E-state index in [1.54, 1.807) is 16.8 Å². The summed E-state index contributed by atoms with van der Waals surface area (Å²) in [4.78, 5) is 28.4. The average Bonchev–Trinajstić information content (AvgIpc) is 3.08. The molecule has 1 atom stereocenters. The van der Waals surface area contributed by atoms with Gasteiger partial charge in [0, 0.05) is 25.1 Å². The van der Waals surface area contributed by atoms with E-state index in [9.17, 15) is 9.59 Å². The lowest BCUT2D eigenvalue weighted by Crippen LogP contribution is -2.34. The van der Waals surface area contributed by atoms with Crippen molar-refractivity contribution < 1.29 is 9.59 Å². The second-order valence-corrected chi connectivity index (χ2v) is 5.83. The fraction of sp³-hybridized carbons (Fsp3) is 0.444. The average molecular weight is 343 g/mol. The van der Waals surface area contributed by atoms with E-state index < -0.39 is 0 Å². The number of aromatic nitrogens is 3. The van der Waals surface area contributed by atoms with Gasteiger partial charge in [0.1, 0.15) is 12.2 Å². The Morgan fingerprint density at radius 2 is 1.92 bits per heavy atom. The fourth-order valence-electron chi connectivity index (χ4n) is 2.50. The van der Waals surface area contributed by atoms with Crippen molar-refractivity contribution in [2.24, 2.45) is 0 Å². The molecule has 0 fully saturated rings. The summed E-state index contributed by atoms with van der Waals surface area (Å²) >= 11 is 0. The molecule has 25 heavy (non-hydrogen) atoms. The van der Waals surface area contributed by atoms with Crippen LogP contribution in [0.2, 0.25) is 0 Å². The Balaban J connectivity index is 1.81. The van der Waals surface area contributed by atoms with Crippen molar-refractivity contribution >= 4 is 11.8 Å². The minimum atomic E-state index is -0.178. The van der Waals surface area contributed by atoms with E-state index in [4.69, 9.17) is 0 Å². The first-order chi connectivity index (χ1) is 12.0. The Morgan fingerprint density at radius 1 is 1.20 bits per heavy atom. The maximum Gasteiger partial charge on any atom is 0.251 e. The molecule has 0 saturated heterocycles. The van der Waals surface area contributed by atoms with Crippen LogP contribution in [0.3, 0.4) is 0 Å². The lowest BCUT2D eigenvalue weighted by molar-refractivity contribution is -0.121. The highest BCUT2D eigenvalue weighted by molar-refractivity contribution is 5.94. The largest absolute Gasteiger partial charge is 0.352 e. The summed E-state index contributed by atoms with van der Waals surface area (Å²) in [5.41, 5.74) is 1.69. The van der Waals surface area contributed by atoms with Crippen molar-refractivity contribution in [3.05, 3.63) is 47.5 Å². The van der Waals surface area contributed by atoms with E-state index in [-0.39, 0.29) is 30.8 Å². The zero-order valence-electron chi connectivity index (χ0n) is 15.0. The number of hydrogen-bond acceptors (Lipinski definition) is 4. The van der Waals surface area contributed by atoms with E-state index >= 15 is 0 Å². The Bertz CT molecular complexity index is 709. The lowest BCUT2D eigenvalue weighted by Gasteiger charge is -2.17. The molecule has 0 aliphatic carbocycles. The molecule has 134 valence electrons. The predicted molar refractivity (Wildman–Crippen MR) is 95.0 cm³/mol. The molecule has 0 saturated carbocycles. The topological polar surface area (TPSA) is 88.9 Å². The molecule has 1 heterocycles. The number of benzene rings is 1. The fourth-order valence-corrected chi connectivity index (χ4v) is 2.50. The summed E-state index contributed by atoms with van der Waals surface area (Å²) in [6.07, 6.45) is 2.43. The van der Waals surface area contributed by atoms with E-state index in [1.165, 1.54) is 6.33 Å². The summed E-state index contributed by atoms with van der Waals surface area (Å²) < 4.78 is 1.77. The molecule has 0 spiro atoms. The molecule has 2 N–H and O–H groups in total. The summed E-state index contributed by atoms with van der Waals surface area (Å²) in [5.74, 6) is 0.453. The Kier molecular flexibility index (Phi) is 6.68. The van der Waals surface area contributed by atoms with Gasteiger partial charge in [-0.1, -0.05) is 24.6 Å². The molecule has 7 nitrogen and oxygen atoms in total. The van der Waals surface area contributed by atoms with Gasteiger partial charge in [0.15, 0.2) is 0 Å². The number of aryl methyl sites for hydroxylation is 2. The number of carbonyl (C=O) groups excluding carboxylic acids is 2. The lowest BCUT2D eigenvalue weighted by atomic mass is 10.1. The van der Waals surface area contributed by atoms with Crippen LogP contribution in [-0.2, 0) is 11.3 Å². The molecule has 1 aromatic heterocycles. The molecule has 2 amide bonds. The predicted octanol–water partition coefficient (Wildman–Crippen LogP) is 1.99. The SMILES string of the molecule is CCC(NC(=O)CCNC(=O)c1ccc(C)cc1)c1ncnn1CC.